The number of amides is 1. The average molecular weight is 255 g/mol. The molecule has 96 valence electrons. The molecule has 2 aromatic rings. The molecule has 0 aliphatic rings. The molecule has 0 saturated heterocycles. The number of nitrogens with two attached hydrogens (primary N) is 1. The summed E-state index contributed by atoms with van der Waals surface area (Å²) >= 11 is 0. The van der Waals surface area contributed by atoms with Crippen molar-refractivity contribution in [2.45, 2.75) is 6.92 Å². The second kappa shape index (κ2) is 5.72. The number of carbonyl (C=O) groups excluding carboxylic acids is 1. The first-order valence-corrected chi connectivity index (χ1v) is 5.63. The van der Waals surface area contributed by atoms with Gasteiger partial charge in [-0.05, 0) is 31.2 Å². The van der Waals surface area contributed by atoms with Crippen LogP contribution in [-0.4, -0.2) is 21.6 Å². The van der Waals surface area contributed by atoms with Crippen molar-refractivity contribution in [2.75, 3.05) is 5.73 Å². The maximum Gasteiger partial charge on any atom is 0.271 e. The number of anilines is 1. The first-order chi connectivity index (χ1) is 9.16. The second-order valence-electron chi connectivity index (χ2n) is 3.85. The topological polar surface area (TPSA) is 93.3 Å². The number of hydrogen-bond acceptors (Lipinski definition) is 5. The number of aromatic nitrogens is 2. The Morgan fingerprint density at radius 2 is 2.00 bits per heavy atom. The molecule has 1 heterocycles. The summed E-state index contributed by atoms with van der Waals surface area (Å²) in [5, 5.41) is 3.98. The summed E-state index contributed by atoms with van der Waals surface area (Å²) in [5.41, 5.74) is 10.3. The summed E-state index contributed by atoms with van der Waals surface area (Å²) < 4.78 is 0. The molecule has 0 aliphatic carbocycles. The lowest BCUT2D eigenvalue weighted by molar-refractivity contribution is 0.0955. The molecular weight excluding hydrogens is 242 g/mol. The summed E-state index contributed by atoms with van der Waals surface area (Å²) in [6, 6.07) is 6.60. The normalized spacial score (nSPS) is 11.1. The molecule has 6 nitrogen and oxygen atoms in total. The molecule has 0 atom stereocenters. The lowest BCUT2D eigenvalue weighted by atomic mass is 10.2. The molecule has 3 N–H and O–H groups in total. The monoisotopic (exact) mass is 255 g/mol. The predicted molar refractivity (Wildman–Crippen MR) is 72.6 cm³/mol. The van der Waals surface area contributed by atoms with Gasteiger partial charge >= 0.3 is 0 Å². The molecule has 0 radical (unpaired) electrons. The fourth-order valence-corrected chi connectivity index (χ4v) is 1.38. The van der Waals surface area contributed by atoms with Gasteiger partial charge in [-0.15, -0.1) is 0 Å². The number of rotatable bonds is 3. The first-order valence-electron chi connectivity index (χ1n) is 5.63. The van der Waals surface area contributed by atoms with Crippen LogP contribution >= 0.6 is 0 Å². The second-order valence-corrected chi connectivity index (χ2v) is 3.85. The molecule has 6 heteroatoms. The van der Waals surface area contributed by atoms with E-state index >= 15 is 0 Å². The summed E-state index contributed by atoms with van der Waals surface area (Å²) in [6.45, 7) is 1.74. The quantitative estimate of drug-likeness (QED) is 0.490. The Kier molecular flexibility index (Phi) is 3.82. The molecule has 19 heavy (non-hydrogen) atoms. The van der Waals surface area contributed by atoms with E-state index in [0.29, 0.717) is 22.7 Å². The van der Waals surface area contributed by atoms with Crippen LogP contribution in [0.5, 0.6) is 0 Å². The zero-order valence-corrected chi connectivity index (χ0v) is 10.4. The third kappa shape index (κ3) is 3.35. The van der Waals surface area contributed by atoms with Crippen molar-refractivity contribution in [1.82, 2.24) is 15.4 Å². The van der Waals surface area contributed by atoms with Crippen molar-refractivity contribution < 1.29 is 4.79 Å². The fraction of sp³-hybridized carbons (Fsp3) is 0.0769. The third-order valence-corrected chi connectivity index (χ3v) is 2.43. The van der Waals surface area contributed by atoms with E-state index in [4.69, 9.17) is 5.73 Å². The van der Waals surface area contributed by atoms with Crippen molar-refractivity contribution in [3.63, 3.8) is 0 Å². The van der Waals surface area contributed by atoms with Gasteiger partial charge in [0.1, 0.15) is 5.69 Å². The van der Waals surface area contributed by atoms with Gasteiger partial charge in [0.2, 0.25) is 0 Å². The van der Waals surface area contributed by atoms with Crippen molar-refractivity contribution in [3.05, 3.63) is 54.1 Å². The van der Waals surface area contributed by atoms with Gasteiger partial charge in [0, 0.05) is 23.6 Å². The summed E-state index contributed by atoms with van der Waals surface area (Å²) in [4.78, 5) is 19.8. The van der Waals surface area contributed by atoms with Crippen LogP contribution in [0.15, 0.2) is 48.0 Å². The molecule has 1 aromatic carbocycles. The van der Waals surface area contributed by atoms with Gasteiger partial charge in [-0.2, -0.15) is 5.10 Å². The molecule has 0 fully saturated rings. The Bertz CT molecular complexity index is 592. The van der Waals surface area contributed by atoms with Gasteiger partial charge in [-0.25, -0.2) is 5.43 Å². The largest absolute Gasteiger partial charge is 0.399 e. The number of hydrogen-bond donors (Lipinski definition) is 2. The van der Waals surface area contributed by atoms with Crippen LogP contribution in [0.4, 0.5) is 5.69 Å². The van der Waals surface area contributed by atoms with E-state index in [0.717, 1.165) is 0 Å². The zero-order chi connectivity index (χ0) is 13.7. The van der Waals surface area contributed by atoms with Crippen molar-refractivity contribution in [2.24, 2.45) is 5.10 Å². The molecular formula is C13H13N5O. The van der Waals surface area contributed by atoms with Crippen LogP contribution in [0.1, 0.15) is 23.0 Å². The van der Waals surface area contributed by atoms with Crippen LogP contribution in [0.2, 0.25) is 0 Å². The maximum absolute atomic E-state index is 11.8. The minimum Gasteiger partial charge on any atom is -0.399 e. The number of nitrogens with zero attached hydrogens (tertiary/aromatic N) is 3. The number of hydrazone groups is 1. The molecule has 1 aromatic heterocycles. The molecule has 0 bridgehead atoms. The zero-order valence-electron chi connectivity index (χ0n) is 10.4. The fourth-order valence-electron chi connectivity index (χ4n) is 1.38. The van der Waals surface area contributed by atoms with Crippen LogP contribution in [0.3, 0.4) is 0 Å². The highest BCUT2D eigenvalue weighted by molar-refractivity contribution is 5.99. The van der Waals surface area contributed by atoms with E-state index in [-0.39, 0.29) is 5.91 Å². The Morgan fingerprint density at radius 3 is 2.63 bits per heavy atom. The smallest absolute Gasteiger partial charge is 0.271 e. The number of nitrogens with one attached hydrogen (secondary N) is 1. The molecule has 0 aliphatic heterocycles. The van der Waals surface area contributed by atoms with Crippen LogP contribution in [0.25, 0.3) is 0 Å². The lowest BCUT2D eigenvalue weighted by Crippen LogP contribution is -2.19. The van der Waals surface area contributed by atoms with E-state index in [1.54, 1.807) is 49.8 Å². The first kappa shape index (κ1) is 12.7. The Hall–Kier alpha value is -2.76. The lowest BCUT2D eigenvalue weighted by Gasteiger charge is -2.02. The highest BCUT2D eigenvalue weighted by atomic mass is 16.2. The maximum atomic E-state index is 11.8. The highest BCUT2D eigenvalue weighted by Gasteiger charge is 2.04. The third-order valence-electron chi connectivity index (χ3n) is 2.43. The van der Waals surface area contributed by atoms with E-state index in [9.17, 15) is 4.79 Å². The van der Waals surface area contributed by atoms with E-state index in [2.05, 4.69) is 20.5 Å². The van der Waals surface area contributed by atoms with Crippen LogP contribution in [-0.2, 0) is 0 Å². The summed E-state index contributed by atoms with van der Waals surface area (Å²) in [6.07, 6.45) is 4.72. The summed E-state index contributed by atoms with van der Waals surface area (Å²) in [5.74, 6) is -0.303. The molecule has 0 spiro atoms. The average Bonchev–Trinajstić information content (AvgIpc) is 2.46. The van der Waals surface area contributed by atoms with Crippen molar-refractivity contribution >= 4 is 17.3 Å². The van der Waals surface area contributed by atoms with Gasteiger partial charge in [0.05, 0.1) is 11.9 Å². The summed E-state index contributed by atoms with van der Waals surface area (Å²) in [7, 11) is 0. The van der Waals surface area contributed by atoms with Crippen LogP contribution < -0.4 is 11.2 Å². The van der Waals surface area contributed by atoms with E-state index in [1.807, 2.05) is 0 Å². The van der Waals surface area contributed by atoms with E-state index < -0.39 is 0 Å². The van der Waals surface area contributed by atoms with Crippen LogP contribution in [0, 0.1) is 0 Å². The minimum atomic E-state index is -0.303. The Balaban J connectivity index is 2.06. The van der Waals surface area contributed by atoms with Gasteiger partial charge in [0.25, 0.3) is 5.91 Å². The van der Waals surface area contributed by atoms with E-state index in [1.165, 1.54) is 0 Å². The number of nitrogen functional groups attached to an aromatic ring is 1. The SMILES string of the molecule is C/C(=N/NC(=O)c1ccc(N)cc1)c1cnccn1. The molecule has 1 amide bonds. The molecule has 0 unspecified atom stereocenters. The molecule has 0 saturated carbocycles. The number of benzene rings is 1. The minimum absolute atomic E-state index is 0.303. The van der Waals surface area contributed by atoms with Gasteiger partial charge in [-0.1, -0.05) is 0 Å². The van der Waals surface area contributed by atoms with Crippen molar-refractivity contribution in [3.8, 4) is 0 Å². The Labute approximate surface area is 110 Å². The molecule has 2 rings (SSSR count). The predicted octanol–water partition coefficient (Wildman–Crippen LogP) is 1.21. The van der Waals surface area contributed by atoms with Gasteiger partial charge in [0.15, 0.2) is 0 Å². The van der Waals surface area contributed by atoms with Gasteiger partial charge in [-0.3, -0.25) is 14.8 Å². The highest BCUT2D eigenvalue weighted by Crippen LogP contribution is 2.05. The standard InChI is InChI=1S/C13H13N5O/c1-9(12-8-15-6-7-16-12)17-18-13(19)10-2-4-11(14)5-3-10/h2-8H,14H2,1H3,(H,18,19)/b17-9-. The Morgan fingerprint density at radius 1 is 1.26 bits per heavy atom. The van der Waals surface area contributed by atoms with Crippen molar-refractivity contribution in [1.29, 1.82) is 0 Å². The number of carbonyl (C=O) groups is 1. The van der Waals surface area contributed by atoms with Gasteiger partial charge < -0.3 is 5.73 Å².